The van der Waals surface area contributed by atoms with E-state index in [1.165, 1.54) is 0 Å². The Bertz CT molecular complexity index is 897. The molecule has 1 aliphatic rings. The summed E-state index contributed by atoms with van der Waals surface area (Å²) in [6, 6.07) is 10.6. The summed E-state index contributed by atoms with van der Waals surface area (Å²) in [6.07, 6.45) is 0.245. The van der Waals surface area contributed by atoms with Crippen LogP contribution in [0.15, 0.2) is 36.4 Å². The summed E-state index contributed by atoms with van der Waals surface area (Å²) >= 11 is 0. The lowest BCUT2D eigenvalue weighted by Crippen LogP contribution is -2.39. The highest BCUT2D eigenvalue weighted by molar-refractivity contribution is 5.98. The predicted octanol–water partition coefficient (Wildman–Crippen LogP) is 3.25. The van der Waals surface area contributed by atoms with Crippen LogP contribution in [0.25, 0.3) is 0 Å². The van der Waals surface area contributed by atoms with Gasteiger partial charge in [-0.25, -0.2) is 4.79 Å². The van der Waals surface area contributed by atoms with Gasteiger partial charge in [0.05, 0.1) is 20.3 Å². The normalized spacial score (nSPS) is 16.1. The number of benzene rings is 2. The van der Waals surface area contributed by atoms with Crippen molar-refractivity contribution in [2.45, 2.75) is 26.3 Å². The molecule has 1 saturated heterocycles. The molecule has 28 heavy (non-hydrogen) atoms. The summed E-state index contributed by atoms with van der Waals surface area (Å²) in [5, 5.41) is 5.73. The van der Waals surface area contributed by atoms with Gasteiger partial charge in [0.25, 0.3) is 0 Å². The van der Waals surface area contributed by atoms with Gasteiger partial charge in [-0.1, -0.05) is 17.7 Å². The molecule has 0 radical (unpaired) electrons. The van der Waals surface area contributed by atoms with Crippen LogP contribution >= 0.6 is 0 Å². The topological polar surface area (TPSA) is 79.9 Å². The Morgan fingerprint density at radius 1 is 1.07 bits per heavy atom. The number of hydrogen-bond acceptors (Lipinski definition) is 4. The van der Waals surface area contributed by atoms with Crippen LogP contribution in [-0.2, 0) is 4.79 Å². The van der Waals surface area contributed by atoms with Gasteiger partial charge < -0.3 is 25.0 Å². The molecular weight excluding hydrogens is 358 g/mol. The maximum atomic E-state index is 12.5. The smallest absolute Gasteiger partial charge is 0.319 e. The maximum absolute atomic E-state index is 12.5. The Morgan fingerprint density at radius 2 is 1.82 bits per heavy atom. The molecular formula is C21H25N3O4. The summed E-state index contributed by atoms with van der Waals surface area (Å²) in [7, 11) is 3.11. The minimum atomic E-state index is -0.320. The number of anilines is 2. The zero-order chi connectivity index (χ0) is 20.3. The van der Waals surface area contributed by atoms with Crippen LogP contribution in [0.3, 0.4) is 0 Å². The number of hydrogen-bond donors (Lipinski definition) is 2. The van der Waals surface area contributed by atoms with E-state index < -0.39 is 0 Å². The number of ether oxygens (including phenoxy) is 2. The first-order valence-corrected chi connectivity index (χ1v) is 9.08. The fourth-order valence-corrected chi connectivity index (χ4v) is 3.34. The number of rotatable bonds is 5. The largest absolute Gasteiger partial charge is 0.493 e. The Morgan fingerprint density at radius 3 is 2.50 bits per heavy atom. The van der Waals surface area contributed by atoms with E-state index in [0.717, 1.165) is 16.8 Å². The zero-order valence-electron chi connectivity index (χ0n) is 16.5. The summed E-state index contributed by atoms with van der Waals surface area (Å²) < 4.78 is 10.5. The van der Waals surface area contributed by atoms with E-state index in [1.807, 2.05) is 32.0 Å². The minimum Gasteiger partial charge on any atom is -0.493 e. The summed E-state index contributed by atoms with van der Waals surface area (Å²) in [4.78, 5) is 26.4. The molecule has 2 aromatic rings. The molecule has 0 aromatic heterocycles. The van der Waals surface area contributed by atoms with Crippen molar-refractivity contribution in [2.24, 2.45) is 0 Å². The first-order valence-electron chi connectivity index (χ1n) is 9.08. The maximum Gasteiger partial charge on any atom is 0.319 e. The zero-order valence-corrected chi connectivity index (χ0v) is 16.5. The molecule has 1 atom stereocenters. The van der Waals surface area contributed by atoms with E-state index >= 15 is 0 Å². The third-order valence-corrected chi connectivity index (χ3v) is 4.77. The van der Waals surface area contributed by atoms with Gasteiger partial charge in [-0.2, -0.15) is 0 Å². The molecule has 7 heteroatoms. The lowest BCUT2D eigenvalue weighted by atomic mass is 10.1. The Kier molecular flexibility index (Phi) is 5.73. The minimum absolute atomic E-state index is 0.0518. The van der Waals surface area contributed by atoms with Crippen LogP contribution in [0.2, 0.25) is 0 Å². The van der Waals surface area contributed by atoms with Crippen molar-refractivity contribution in [3.05, 3.63) is 47.5 Å². The number of aryl methyl sites for hydroxylation is 2. The van der Waals surface area contributed by atoms with E-state index in [-0.39, 0.29) is 24.4 Å². The molecule has 1 unspecified atom stereocenters. The van der Waals surface area contributed by atoms with Crippen LogP contribution in [0.5, 0.6) is 11.5 Å². The highest BCUT2D eigenvalue weighted by Crippen LogP contribution is 2.33. The standard InChI is InChI=1S/C21H25N3O4/c1-13-5-7-17(14(2)9-13)23-21(26)22-15-10-20(25)24(12-15)16-6-8-18(27-3)19(11-16)28-4/h5-9,11,15H,10,12H2,1-4H3,(H2,22,23,26). The molecule has 0 aliphatic carbocycles. The number of nitrogens with zero attached hydrogens (tertiary/aromatic N) is 1. The molecule has 148 valence electrons. The fraction of sp³-hybridized carbons (Fsp3) is 0.333. The van der Waals surface area contributed by atoms with Crippen molar-refractivity contribution in [2.75, 3.05) is 31.0 Å². The van der Waals surface area contributed by atoms with Gasteiger partial charge in [-0.05, 0) is 37.6 Å². The van der Waals surface area contributed by atoms with Crippen LogP contribution < -0.4 is 25.0 Å². The highest BCUT2D eigenvalue weighted by Gasteiger charge is 2.32. The molecule has 0 saturated carbocycles. The highest BCUT2D eigenvalue weighted by atomic mass is 16.5. The van der Waals surface area contributed by atoms with Crippen molar-refractivity contribution >= 4 is 23.3 Å². The van der Waals surface area contributed by atoms with Gasteiger partial charge in [0.1, 0.15) is 0 Å². The number of nitrogens with one attached hydrogen (secondary N) is 2. The van der Waals surface area contributed by atoms with E-state index in [0.29, 0.717) is 23.7 Å². The van der Waals surface area contributed by atoms with Crippen molar-refractivity contribution in [1.82, 2.24) is 5.32 Å². The third-order valence-electron chi connectivity index (χ3n) is 4.77. The molecule has 0 bridgehead atoms. The van der Waals surface area contributed by atoms with Crippen molar-refractivity contribution in [3.8, 4) is 11.5 Å². The van der Waals surface area contributed by atoms with Crippen LogP contribution in [0, 0.1) is 13.8 Å². The molecule has 1 heterocycles. The molecule has 3 rings (SSSR count). The number of urea groups is 1. The van der Waals surface area contributed by atoms with Crippen LogP contribution in [0.1, 0.15) is 17.5 Å². The fourth-order valence-electron chi connectivity index (χ4n) is 3.34. The van der Waals surface area contributed by atoms with Crippen molar-refractivity contribution in [3.63, 3.8) is 0 Å². The Labute approximate surface area is 164 Å². The summed E-state index contributed by atoms with van der Waals surface area (Å²) in [6.45, 7) is 4.35. The van der Waals surface area contributed by atoms with Gasteiger partial charge in [0.2, 0.25) is 5.91 Å². The second-order valence-corrected chi connectivity index (χ2v) is 6.86. The number of carbonyl (C=O) groups is 2. The number of amides is 3. The van der Waals surface area contributed by atoms with Gasteiger partial charge in [-0.3, -0.25) is 4.79 Å². The predicted molar refractivity (Wildman–Crippen MR) is 108 cm³/mol. The SMILES string of the molecule is COc1ccc(N2CC(NC(=O)Nc3ccc(C)cc3C)CC2=O)cc1OC. The molecule has 3 amide bonds. The van der Waals surface area contributed by atoms with Gasteiger partial charge in [0, 0.05) is 30.4 Å². The van der Waals surface area contributed by atoms with Gasteiger partial charge >= 0.3 is 6.03 Å². The van der Waals surface area contributed by atoms with Gasteiger partial charge in [-0.15, -0.1) is 0 Å². The Hall–Kier alpha value is -3.22. The average Bonchev–Trinajstić information content (AvgIpc) is 3.03. The van der Waals surface area contributed by atoms with E-state index in [9.17, 15) is 9.59 Å². The molecule has 2 N–H and O–H groups in total. The van der Waals surface area contributed by atoms with Crippen LogP contribution in [-0.4, -0.2) is 38.7 Å². The molecule has 1 fully saturated rings. The second kappa shape index (κ2) is 8.21. The van der Waals surface area contributed by atoms with Gasteiger partial charge in [0.15, 0.2) is 11.5 Å². The molecule has 1 aliphatic heterocycles. The van der Waals surface area contributed by atoms with E-state index in [1.54, 1.807) is 37.3 Å². The number of carbonyl (C=O) groups excluding carboxylic acids is 2. The molecule has 2 aromatic carbocycles. The second-order valence-electron chi connectivity index (χ2n) is 6.86. The average molecular weight is 383 g/mol. The lowest BCUT2D eigenvalue weighted by Gasteiger charge is -2.19. The molecule has 7 nitrogen and oxygen atoms in total. The number of methoxy groups -OCH3 is 2. The van der Waals surface area contributed by atoms with Crippen molar-refractivity contribution in [1.29, 1.82) is 0 Å². The van der Waals surface area contributed by atoms with Crippen molar-refractivity contribution < 1.29 is 19.1 Å². The van der Waals surface area contributed by atoms with E-state index in [2.05, 4.69) is 10.6 Å². The Balaban J connectivity index is 1.65. The van der Waals surface area contributed by atoms with Crippen LogP contribution in [0.4, 0.5) is 16.2 Å². The summed E-state index contributed by atoms with van der Waals surface area (Å²) in [5.41, 5.74) is 3.59. The first-order chi connectivity index (χ1) is 13.4. The lowest BCUT2D eigenvalue weighted by molar-refractivity contribution is -0.117. The quantitative estimate of drug-likeness (QED) is 0.831. The molecule has 0 spiro atoms. The first kappa shape index (κ1) is 19.5. The summed E-state index contributed by atoms with van der Waals surface area (Å²) in [5.74, 6) is 1.10. The monoisotopic (exact) mass is 383 g/mol. The van der Waals surface area contributed by atoms with E-state index in [4.69, 9.17) is 9.47 Å². The third kappa shape index (κ3) is 4.19.